The lowest BCUT2D eigenvalue weighted by atomic mass is 9.95. The van der Waals surface area contributed by atoms with Gasteiger partial charge in [-0.1, -0.05) is 6.42 Å². The highest BCUT2D eigenvalue weighted by atomic mass is 32.2. The molecule has 3 rings (SSSR count). The summed E-state index contributed by atoms with van der Waals surface area (Å²) in [6.07, 6.45) is 2.63. The number of piperidine rings is 1. The highest BCUT2D eigenvalue weighted by Crippen LogP contribution is 2.36. The van der Waals surface area contributed by atoms with E-state index in [1.54, 1.807) is 13.8 Å². The lowest BCUT2D eigenvalue weighted by Crippen LogP contribution is -2.47. The number of anilines is 1. The van der Waals surface area contributed by atoms with Gasteiger partial charge in [0.05, 0.1) is 21.8 Å². The second kappa shape index (κ2) is 6.56. The average molecular weight is 415 g/mol. The number of hydrogen-bond acceptors (Lipinski definition) is 5. The second-order valence-corrected chi connectivity index (χ2v) is 11.8. The first kappa shape index (κ1) is 20.3. The predicted molar refractivity (Wildman–Crippen MR) is 103 cm³/mol. The number of nitrogens with zero attached hydrogens (tertiary/aromatic N) is 2. The van der Waals surface area contributed by atoms with E-state index in [1.165, 1.54) is 28.6 Å². The van der Waals surface area contributed by atoms with Crippen LogP contribution in [-0.2, 0) is 24.8 Å². The molecule has 2 saturated heterocycles. The van der Waals surface area contributed by atoms with Gasteiger partial charge in [-0.2, -0.15) is 4.31 Å². The monoisotopic (exact) mass is 414 g/mol. The van der Waals surface area contributed by atoms with Crippen molar-refractivity contribution in [1.29, 1.82) is 0 Å². The average Bonchev–Trinajstić information content (AvgIpc) is 2.70. The molecule has 2 aliphatic rings. The van der Waals surface area contributed by atoms with Gasteiger partial charge in [0.15, 0.2) is 0 Å². The van der Waals surface area contributed by atoms with Crippen LogP contribution < -0.4 is 4.31 Å². The van der Waals surface area contributed by atoms with Gasteiger partial charge in [-0.3, -0.25) is 4.79 Å². The van der Waals surface area contributed by atoms with Crippen LogP contribution in [0.3, 0.4) is 0 Å². The molecule has 2 heterocycles. The summed E-state index contributed by atoms with van der Waals surface area (Å²) in [5.41, 5.74) is -0.827. The molecule has 0 aromatic heterocycles. The molecule has 0 bridgehead atoms. The molecule has 0 spiro atoms. The Morgan fingerprint density at radius 2 is 1.56 bits per heavy atom. The number of carbonyl (C=O) groups excluding carboxylic acids is 1. The molecule has 0 aliphatic carbocycles. The summed E-state index contributed by atoms with van der Waals surface area (Å²) in [6, 6.07) is 5.38. The first-order chi connectivity index (χ1) is 12.4. The highest BCUT2D eigenvalue weighted by Gasteiger charge is 2.50. The zero-order valence-corrected chi connectivity index (χ0v) is 17.7. The summed E-state index contributed by atoms with van der Waals surface area (Å²) < 4.78 is 53.2. The van der Waals surface area contributed by atoms with E-state index in [2.05, 4.69) is 0 Å². The Kier molecular flexibility index (Phi) is 4.93. The Bertz CT molecular complexity index is 942. The minimum atomic E-state index is -3.76. The molecule has 1 amide bonds. The Morgan fingerprint density at radius 1 is 1.04 bits per heavy atom. The van der Waals surface area contributed by atoms with E-state index < -0.39 is 31.4 Å². The fourth-order valence-electron chi connectivity index (χ4n) is 4.01. The second-order valence-electron chi connectivity index (χ2n) is 8.17. The smallest absolute Gasteiger partial charge is 0.247 e. The zero-order chi connectivity index (χ0) is 20.2. The summed E-state index contributed by atoms with van der Waals surface area (Å²) in [4.78, 5) is 12.6. The van der Waals surface area contributed by atoms with Crippen LogP contribution in [0.4, 0.5) is 5.69 Å². The SMILES string of the molecule is C[C@@H]1CCC[C@H](C)N1S(=O)(=O)c1ccc(N2C(=O)C(C)(C)CS2(=O)=O)cc1. The van der Waals surface area contributed by atoms with Gasteiger partial charge in [0.2, 0.25) is 26.0 Å². The Labute approximate surface area is 161 Å². The molecule has 2 aliphatic heterocycles. The molecular formula is C18H26N2O5S2. The van der Waals surface area contributed by atoms with Gasteiger partial charge >= 0.3 is 0 Å². The molecule has 0 N–H and O–H groups in total. The molecule has 9 heteroatoms. The molecule has 1 aromatic rings. The van der Waals surface area contributed by atoms with E-state index in [0.29, 0.717) is 0 Å². The van der Waals surface area contributed by atoms with Crippen LogP contribution in [0.25, 0.3) is 0 Å². The van der Waals surface area contributed by atoms with Crippen molar-refractivity contribution < 1.29 is 21.6 Å². The summed E-state index contributed by atoms with van der Waals surface area (Å²) >= 11 is 0. The van der Waals surface area contributed by atoms with Crippen LogP contribution in [0.2, 0.25) is 0 Å². The lowest BCUT2D eigenvalue weighted by molar-refractivity contribution is -0.123. The number of benzene rings is 1. The van der Waals surface area contributed by atoms with E-state index in [0.717, 1.165) is 23.6 Å². The summed E-state index contributed by atoms with van der Waals surface area (Å²) in [5.74, 6) is -0.766. The van der Waals surface area contributed by atoms with Gasteiger partial charge in [0, 0.05) is 12.1 Å². The molecule has 7 nitrogen and oxygen atoms in total. The van der Waals surface area contributed by atoms with E-state index in [-0.39, 0.29) is 28.4 Å². The Hall–Kier alpha value is -1.45. The van der Waals surface area contributed by atoms with Gasteiger partial charge < -0.3 is 0 Å². The lowest BCUT2D eigenvalue weighted by Gasteiger charge is -2.37. The number of carbonyl (C=O) groups is 1. The van der Waals surface area contributed by atoms with Gasteiger partial charge in [-0.05, 0) is 64.8 Å². The quantitative estimate of drug-likeness (QED) is 0.757. The molecule has 2 fully saturated rings. The number of amides is 1. The molecule has 150 valence electrons. The van der Waals surface area contributed by atoms with Crippen molar-refractivity contribution in [1.82, 2.24) is 4.31 Å². The van der Waals surface area contributed by atoms with Crippen LogP contribution >= 0.6 is 0 Å². The molecule has 2 atom stereocenters. The molecule has 1 aromatic carbocycles. The minimum Gasteiger partial charge on any atom is -0.273 e. The van der Waals surface area contributed by atoms with Crippen molar-refractivity contribution in [3.63, 3.8) is 0 Å². The third-order valence-electron chi connectivity index (χ3n) is 5.34. The summed E-state index contributed by atoms with van der Waals surface area (Å²) in [5, 5.41) is 0. The van der Waals surface area contributed by atoms with Crippen molar-refractivity contribution in [3.05, 3.63) is 24.3 Å². The van der Waals surface area contributed by atoms with E-state index in [4.69, 9.17) is 0 Å². The molecule has 0 unspecified atom stereocenters. The summed E-state index contributed by atoms with van der Waals surface area (Å²) in [7, 11) is -7.44. The van der Waals surface area contributed by atoms with Crippen molar-refractivity contribution >= 4 is 31.6 Å². The van der Waals surface area contributed by atoms with Crippen LogP contribution in [0.15, 0.2) is 29.2 Å². The van der Waals surface area contributed by atoms with Crippen molar-refractivity contribution in [3.8, 4) is 0 Å². The van der Waals surface area contributed by atoms with E-state index in [1.807, 2.05) is 13.8 Å². The van der Waals surface area contributed by atoms with Crippen LogP contribution in [-0.4, -0.2) is 44.9 Å². The summed E-state index contributed by atoms with van der Waals surface area (Å²) in [6.45, 7) is 6.98. The first-order valence-corrected chi connectivity index (χ1v) is 12.1. The third kappa shape index (κ3) is 3.40. The topological polar surface area (TPSA) is 91.8 Å². The van der Waals surface area contributed by atoms with Gasteiger partial charge in [-0.15, -0.1) is 0 Å². The van der Waals surface area contributed by atoms with Crippen molar-refractivity contribution in [2.24, 2.45) is 5.41 Å². The fourth-order valence-corrected chi connectivity index (χ4v) is 8.00. The Balaban J connectivity index is 1.95. The largest absolute Gasteiger partial charge is 0.273 e. The third-order valence-corrected chi connectivity index (χ3v) is 9.51. The number of hydrogen-bond donors (Lipinski definition) is 0. The molecular weight excluding hydrogens is 388 g/mol. The normalized spacial score (nSPS) is 28.4. The standard InChI is InChI=1S/C18H26N2O5S2/c1-13-6-5-7-14(2)19(13)27(24,25)16-10-8-15(9-11-16)20-17(21)18(3,4)12-26(20,22)23/h8-11,13-14H,5-7,12H2,1-4H3/t13-,14+. The maximum atomic E-state index is 13.1. The van der Waals surface area contributed by atoms with Crippen molar-refractivity contribution in [2.45, 2.75) is 63.9 Å². The first-order valence-electron chi connectivity index (χ1n) is 9.09. The predicted octanol–water partition coefficient (Wildman–Crippen LogP) is 2.34. The van der Waals surface area contributed by atoms with Crippen LogP contribution in [0.1, 0.15) is 47.0 Å². The van der Waals surface area contributed by atoms with Gasteiger partial charge in [-0.25, -0.2) is 21.1 Å². The zero-order valence-electron chi connectivity index (χ0n) is 16.0. The van der Waals surface area contributed by atoms with Crippen molar-refractivity contribution in [2.75, 3.05) is 10.1 Å². The van der Waals surface area contributed by atoms with E-state index in [9.17, 15) is 21.6 Å². The molecule has 0 saturated carbocycles. The Morgan fingerprint density at radius 3 is 2.00 bits per heavy atom. The number of sulfonamides is 2. The van der Waals surface area contributed by atoms with Crippen LogP contribution in [0, 0.1) is 5.41 Å². The van der Waals surface area contributed by atoms with E-state index >= 15 is 0 Å². The maximum absolute atomic E-state index is 13.1. The molecule has 27 heavy (non-hydrogen) atoms. The minimum absolute atomic E-state index is 0.0836. The molecule has 0 radical (unpaired) electrons. The number of rotatable bonds is 3. The maximum Gasteiger partial charge on any atom is 0.247 e. The van der Waals surface area contributed by atoms with Gasteiger partial charge in [0.1, 0.15) is 0 Å². The highest BCUT2D eigenvalue weighted by molar-refractivity contribution is 7.94. The fraction of sp³-hybridized carbons (Fsp3) is 0.611. The van der Waals surface area contributed by atoms with Gasteiger partial charge in [0.25, 0.3) is 0 Å². The van der Waals surface area contributed by atoms with Crippen LogP contribution in [0.5, 0.6) is 0 Å².